The summed E-state index contributed by atoms with van der Waals surface area (Å²) in [6.07, 6.45) is 4.21. The van der Waals surface area contributed by atoms with Crippen molar-refractivity contribution < 1.29 is 19.2 Å². The maximum atomic E-state index is 12.4. The molecule has 2 N–H and O–H groups in total. The van der Waals surface area contributed by atoms with Crippen LogP contribution < -0.4 is 10.2 Å². The Kier molecular flexibility index (Phi) is 7.53. The Labute approximate surface area is 169 Å². The van der Waals surface area contributed by atoms with Gasteiger partial charge in [0, 0.05) is 26.3 Å². The lowest BCUT2D eigenvalue weighted by atomic mass is 10.3. The highest BCUT2D eigenvalue weighted by atomic mass is 32.1. The van der Waals surface area contributed by atoms with Crippen molar-refractivity contribution in [1.29, 1.82) is 0 Å². The average Bonchev–Trinajstić information content (AvgIpc) is 3.13. The summed E-state index contributed by atoms with van der Waals surface area (Å²) in [5.41, 5.74) is 0.956. The normalized spacial score (nSPS) is 15.4. The summed E-state index contributed by atoms with van der Waals surface area (Å²) in [7, 11) is 1.65. The Bertz CT molecular complexity index is 795. The van der Waals surface area contributed by atoms with Crippen LogP contribution in [0, 0.1) is 0 Å². The van der Waals surface area contributed by atoms with Gasteiger partial charge < -0.3 is 19.9 Å². The molecule has 2 heterocycles. The number of ether oxygens (including phenoxy) is 1. The highest BCUT2D eigenvalue weighted by Crippen LogP contribution is 2.22. The lowest BCUT2D eigenvalue weighted by Crippen LogP contribution is -3.15. The smallest absolute Gasteiger partial charge is 0.275 e. The maximum absolute atomic E-state index is 12.4. The Hall–Kier alpha value is -2.29. The van der Waals surface area contributed by atoms with E-state index in [1.807, 2.05) is 29.2 Å². The van der Waals surface area contributed by atoms with Gasteiger partial charge in [-0.25, -0.2) is 4.98 Å². The van der Waals surface area contributed by atoms with Crippen LogP contribution in [0.15, 0.2) is 30.3 Å². The molecule has 7 nitrogen and oxygen atoms in total. The standard InChI is InChI=1S/C20H26N4O3S/c1-27-14-4-9-21-18(25)15-23-10-12-24(13-11-23)20(26)8-7-19-22-16-5-2-3-6-17(16)28-19/h2-3,5-8H,4,9-15H2,1H3,(H,21,25)/p+1/b8-7+. The topological polar surface area (TPSA) is 76.0 Å². The van der Waals surface area contributed by atoms with Gasteiger partial charge in [-0.3, -0.25) is 9.59 Å². The molecule has 0 unspecified atom stereocenters. The Morgan fingerprint density at radius 2 is 2.11 bits per heavy atom. The van der Waals surface area contributed by atoms with E-state index in [-0.39, 0.29) is 11.8 Å². The second-order valence-corrected chi connectivity index (χ2v) is 7.86. The molecule has 0 saturated carbocycles. The number of fused-ring (bicyclic) bond motifs is 1. The van der Waals surface area contributed by atoms with Gasteiger partial charge in [-0.1, -0.05) is 12.1 Å². The molecule has 0 radical (unpaired) electrons. The third kappa shape index (κ3) is 5.85. The second kappa shape index (κ2) is 10.3. The SMILES string of the molecule is COCCCNC(=O)C[NH+]1CCN(C(=O)/C=C/c2nc3ccccc3s2)CC1. The third-order valence-corrected chi connectivity index (χ3v) is 5.72. The molecule has 28 heavy (non-hydrogen) atoms. The van der Waals surface area contributed by atoms with Crippen LogP contribution in [0.5, 0.6) is 0 Å². The summed E-state index contributed by atoms with van der Waals surface area (Å²) in [5, 5.41) is 3.75. The summed E-state index contributed by atoms with van der Waals surface area (Å²) >= 11 is 1.58. The van der Waals surface area contributed by atoms with Crippen molar-refractivity contribution in [2.24, 2.45) is 0 Å². The van der Waals surface area contributed by atoms with Gasteiger partial charge in [-0.2, -0.15) is 0 Å². The number of benzene rings is 1. The monoisotopic (exact) mass is 403 g/mol. The number of para-hydroxylation sites is 1. The highest BCUT2D eigenvalue weighted by molar-refractivity contribution is 7.19. The van der Waals surface area contributed by atoms with Crippen molar-refractivity contribution in [3.63, 3.8) is 0 Å². The van der Waals surface area contributed by atoms with E-state index in [0.29, 0.717) is 32.8 Å². The molecule has 8 heteroatoms. The van der Waals surface area contributed by atoms with Crippen molar-refractivity contribution in [3.05, 3.63) is 35.3 Å². The molecule has 2 amide bonds. The first-order valence-corrected chi connectivity index (χ1v) is 10.4. The Morgan fingerprint density at radius 1 is 1.32 bits per heavy atom. The van der Waals surface area contributed by atoms with Crippen molar-refractivity contribution in [2.45, 2.75) is 6.42 Å². The van der Waals surface area contributed by atoms with Gasteiger partial charge in [-0.05, 0) is 24.6 Å². The number of aromatic nitrogens is 1. The molecule has 2 aromatic rings. The minimum absolute atomic E-state index is 0.00215. The molecule has 1 fully saturated rings. The zero-order valence-corrected chi connectivity index (χ0v) is 17.0. The molecule has 0 spiro atoms. The molecule has 1 aliphatic heterocycles. The predicted molar refractivity (Wildman–Crippen MR) is 110 cm³/mol. The lowest BCUT2D eigenvalue weighted by molar-refractivity contribution is -0.896. The van der Waals surface area contributed by atoms with Gasteiger partial charge >= 0.3 is 0 Å². The summed E-state index contributed by atoms with van der Waals surface area (Å²) in [6.45, 7) is 4.64. The Balaban J connectivity index is 1.41. The Morgan fingerprint density at radius 3 is 2.86 bits per heavy atom. The summed E-state index contributed by atoms with van der Waals surface area (Å²) in [6, 6.07) is 7.95. The molecule has 1 aromatic heterocycles. The van der Waals surface area contributed by atoms with Crippen molar-refractivity contribution in [1.82, 2.24) is 15.2 Å². The number of rotatable bonds is 8. The largest absolute Gasteiger partial charge is 0.385 e. The first-order valence-electron chi connectivity index (χ1n) is 9.57. The van der Waals surface area contributed by atoms with E-state index >= 15 is 0 Å². The molecule has 0 bridgehead atoms. The van der Waals surface area contributed by atoms with Crippen molar-refractivity contribution in [3.8, 4) is 0 Å². The van der Waals surface area contributed by atoms with Crippen LogP contribution in [-0.2, 0) is 14.3 Å². The zero-order valence-electron chi connectivity index (χ0n) is 16.1. The highest BCUT2D eigenvalue weighted by Gasteiger charge is 2.24. The predicted octanol–water partition coefficient (Wildman–Crippen LogP) is 0.189. The van der Waals surface area contributed by atoms with Gasteiger partial charge in [0.15, 0.2) is 6.54 Å². The molecule has 0 atom stereocenters. The van der Waals surface area contributed by atoms with Crippen LogP contribution in [0.3, 0.4) is 0 Å². The molecule has 1 aliphatic rings. The van der Waals surface area contributed by atoms with Crippen LogP contribution in [-0.4, -0.2) is 74.7 Å². The van der Waals surface area contributed by atoms with Gasteiger partial charge in [0.05, 0.1) is 36.4 Å². The number of hydrogen-bond donors (Lipinski definition) is 2. The minimum atomic E-state index is 0.00215. The first kappa shape index (κ1) is 20.4. The van der Waals surface area contributed by atoms with Crippen molar-refractivity contribution >= 4 is 39.4 Å². The molecule has 150 valence electrons. The van der Waals surface area contributed by atoms with Gasteiger partial charge in [0.25, 0.3) is 5.91 Å². The summed E-state index contributed by atoms with van der Waals surface area (Å²) in [4.78, 5) is 32.0. The number of piperazine rings is 1. The molecule has 1 saturated heterocycles. The van der Waals surface area contributed by atoms with E-state index in [1.165, 1.54) is 4.90 Å². The fourth-order valence-electron chi connectivity index (χ4n) is 3.16. The number of carbonyl (C=O) groups excluding carboxylic acids is 2. The number of amides is 2. The number of nitrogens with one attached hydrogen (secondary N) is 2. The number of carbonyl (C=O) groups is 2. The van der Waals surface area contributed by atoms with Gasteiger partial charge in [0.1, 0.15) is 5.01 Å². The fraction of sp³-hybridized carbons (Fsp3) is 0.450. The van der Waals surface area contributed by atoms with E-state index in [0.717, 1.165) is 34.7 Å². The zero-order chi connectivity index (χ0) is 19.8. The quantitative estimate of drug-likeness (QED) is 0.487. The molecule has 3 rings (SSSR count). The number of methoxy groups -OCH3 is 1. The molecule has 1 aromatic carbocycles. The minimum Gasteiger partial charge on any atom is -0.385 e. The maximum Gasteiger partial charge on any atom is 0.275 e. The van der Waals surface area contributed by atoms with E-state index in [1.54, 1.807) is 30.6 Å². The van der Waals surface area contributed by atoms with Gasteiger partial charge in [-0.15, -0.1) is 11.3 Å². The number of thiazole rings is 1. The summed E-state index contributed by atoms with van der Waals surface area (Å²) in [5.74, 6) is 0.0592. The lowest BCUT2D eigenvalue weighted by Gasteiger charge is -2.31. The number of hydrogen-bond acceptors (Lipinski definition) is 5. The number of quaternary nitrogens is 1. The van der Waals surface area contributed by atoms with E-state index in [9.17, 15) is 9.59 Å². The summed E-state index contributed by atoms with van der Waals surface area (Å²) < 4.78 is 6.09. The van der Waals surface area contributed by atoms with Crippen LogP contribution >= 0.6 is 11.3 Å². The van der Waals surface area contributed by atoms with Crippen LogP contribution in [0.2, 0.25) is 0 Å². The van der Waals surface area contributed by atoms with Crippen LogP contribution in [0.4, 0.5) is 0 Å². The van der Waals surface area contributed by atoms with Crippen molar-refractivity contribution in [2.75, 3.05) is 53.0 Å². The second-order valence-electron chi connectivity index (χ2n) is 6.80. The molecular formula is C20H27N4O3S+. The van der Waals surface area contributed by atoms with E-state index in [2.05, 4.69) is 10.3 Å². The van der Waals surface area contributed by atoms with Crippen LogP contribution in [0.25, 0.3) is 16.3 Å². The van der Waals surface area contributed by atoms with E-state index in [4.69, 9.17) is 4.74 Å². The third-order valence-electron chi connectivity index (χ3n) is 4.72. The average molecular weight is 404 g/mol. The van der Waals surface area contributed by atoms with Gasteiger partial charge in [0.2, 0.25) is 5.91 Å². The van der Waals surface area contributed by atoms with E-state index < -0.39 is 0 Å². The number of nitrogens with zero attached hydrogens (tertiary/aromatic N) is 2. The first-order chi connectivity index (χ1) is 13.7. The molecular weight excluding hydrogens is 376 g/mol. The fourth-order valence-corrected chi connectivity index (χ4v) is 4.03. The molecule has 0 aliphatic carbocycles. The van der Waals surface area contributed by atoms with Crippen LogP contribution in [0.1, 0.15) is 11.4 Å².